The summed E-state index contributed by atoms with van der Waals surface area (Å²) < 4.78 is 6.32. The lowest BCUT2D eigenvalue weighted by atomic mass is 9.67. The van der Waals surface area contributed by atoms with Gasteiger partial charge in [0, 0.05) is 19.6 Å². The van der Waals surface area contributed by atoms with Gasteiger partial charge < -0.3 is 9.84 Å². The highest BCUT2D eigenvalue weighted by Gasteiger charge is 2.39. The molecule has 1 aliphatic carbocycles. The van der Waals surface area contributed by atoms with Crippen LogP contribution >= 0.6 is 0 Å². The van der Waals surface area contributed by atoms with Crippen molar-refractivity contribution in [1.82, 2.24) is 0 Å². The van der Waals surface area contributed by atoms with Crippen molar-refractivity contribution >= 4 is 0 Å². The van der Waals surface area contributed by atoms with E-state index in [1.54, 1.807) is 0 Å². The van der Waals surface area contributed by atoms with E-state index in [4.69, 9.17) is 9.84 Å². The summed E-state index contributed by atoms with van der Waals surface area (Å²) in [5.74, 6) is 0.790. The lowest BCUT2D eigenvalue weighted by Gasteiger charge is -2.44. The Bertz CT molecular complexity index is 425. The maximum absolute atomic E-state index is 9.04. The number of aliphatic hydroxyl groups is 1. The first kappa shape index (κ1) is 17.5. The first-order valence-corrected chi connectivity index (χ1v) is 8.74. The SMILES string of the molecule is CC(C)(C)C1CCC(Cc2ccccc2)(OCCCO)CC1. The molecule has 1 aromatic rings. The van der Waals surface area contributed by atoms with Gasteiger partial charge in [0.25, 0.3) is 0 Å². The molecule has 1 fully saturated rings. The van der Waals surface area contributed by atoms with Crippen molar-refractivity contribution in [2.45, 2.75) is 64.9 Å². The second-order valence-corrected chi connectivity index (χ2v) is 7.91. The molecule has 2 nitrogen and oxygen atoms in total. The predicted molar refractivity (Wildman–Crippen MR) is 91.9 cm³/mol. The summed E-state index contributed by atoms with van der Waals surface area (Å²) in [6.45, 7) is 7.95. The van der Waals surface area contributed by atoms with E-state index in [0.29, 0.717) is 12.0 Å². The van der Waals surface area contributed by atoms with E-state index in [9.17, 15) is 0 Å². The van der Waals surface area contributed by atoms with Crippen LogP contribution in [0.3, 0.4) is 0 Å². The first-order valence-electron chi connectivity index (χ1n) is 8.74. The molecular formula is C20H32O2. The summed E-state index contributed by atoms with van der Waals surface area (Å²) >= 11 is 0. The topological polar surface area (TPSA) is 29.5 Å². The third kappa shape index (κ3) is 4.82. The third-order valence-corrected chi connectivity index (χ3v) is 5.20. The average molecular weight is 304 g/mol. The standard InChI is InChI=1S/C20H32O2/c1-19(2,3)18-10-12-20(13-11-18,22-15-7-14-21)16-17-8-5-4-6-9-17/h4-6,8-9,18,21H,7,10-16H2,1-3H3. The summed E-state index contributed by atoms with van der Waals surface area (Å²) in [4.78, 5) is 0. The van der Waals surface area contributed by atoms with Crippen LogP contribution in [0.4, 0.5) is 0 Å². The number of hydrogen-bond donors (Lipinski definition) is 1. The third-order valence-electron chi connectivity index (χ3n) is 5.20. The van der Waals surface area contributed by atoms with Crippen molar-refractivity contribution in [3.63, 3.8) is 0 Å². The largest absolute Gasteiger partial charge is 0.396 e. The van der Waals surface area contributed by atoms with Crippen LogP contribution in [0.25, 0.3) is 0 Å². The number of aliphatic hydroxyl groups excluding tert-OH is 1. The highest BCUT2D eigenvalue weighted by Crippen LogP contribution is 2.44. The minimum Gasteiger partial charge on any atom is -0.396 e. The molecule has 0 unspecified atom stereocenters. The van der Waals surface area contributed by atoms with Gasteiger partial charge in [-0.25, -0.2) is 0 Å². The van der Waals surface area contributed by atoms with Gasteiger partial charge in [0.05, 0.1) is 5.60 Å². The van der Waals surface area contributed by atoms with Gasteiger partial charge in [-0.15, -0.1) is 0 Å². The van der Waals surface area contributed by atoms with Crippen LogP contribution in [0.2, 0.25) is 0 Å². The molecule has 0 amide bonds. The Morgan fingerprint density at radius 3 is 2.32 bits per heavy atom. The minimum atomic E-state index is -0.0295. The van der Waals surface area contributed by atoms with E-state index in [1.165, 1.54) is 18.4 Å². The maximum atomic E-state index is 9.04. The van der Waals surface area contributed by atoms with Gasteiger partial charge in [-0.05, 0) is 49.0 Å². The lowest BCUT2D eigenvalue weighted by Crippen LogP contribution is -2.42. The van der Waals surface area contributed by atoms with E-state index in [0.717, 1.165) is 31.6 Å². The second-order valence-electron chi connectivity index (χ2n) is 7.91. The van der Waals surface area contributed by atoms with E-state index in [2.05, 4.69) is 51.1 Å². The maximum Gasteiger partial charge on any atom is 0.0722 e. The summed E-state index contributed by atoms with van der Waals surface area (Å²) in [5.41, 5.74) is 1.73. The molecule has 0 aromatic heterocycles. The van der Waals surface area contributed by atoms with Crippen molar-refractivity contribution in [3.8, 4) is 0 Å². The van der Waals surface area contributed by atoms with E-state index >= 15 is 0 Å². The van der Waals surface area contributed by atoms with Crippen molar-refractivity contribution in [2.75, 3.05) is 13.2 Å². The number of rotatable bonds is 6. The molecule has 0 spiro atoms. The minimum absolute atomic E-state index is 0.0295. The van der Waals surface area contributed by atoms with Gasteiger partial charge in [-0.2, -0.15) is 0 Å². The Morgan fingerprint density at radius 1 is 1.14 bits per heavy atom. The highest BCUT2D eigenvalue weighted by molar-refractivity contribution is 5.17. The first-order chi connectivity index (χ1) is 10.5. The molecule has 2 rings (SSSR count). The van der Waals surface area contributed by atoms with E-state index in [1.807, 2.05) is 0 Å². The molecule has 0 radical (unpaired) electrons. The number of ether oxygens (including phenoxy) is 1. The van der Waals surface area contributed by atoms with Crippen LogP contribution in [0.5, 0.6) is 0 Å². The molecule has 124 valence electrons. The lowest BCUT2D eigenvalue weighted by molar-refractivity contribution is -0.0885. The molecule has 1 saturated carbocycles. The molecule has 0 saturated heterocycles. The fourth-order valence-corrected chi connectivity index (χ4v) is 3.70. The van der Waals surface area contributed by atoms with E-state index < -0.39 is 0 Å². The smallest absolute Gasteiger partial charge is 0.0722 e. The molecule has 0 aliphatic heterocycles. The van der Waals surface area contributed by atoms with Gasteiger partial charge in [-0.3, -0.25) is 0 Å². The van der Waals surface area contributed by atoms with Crippen molar-refractivity contribution in [3.05, 3.63) is 35.9 Å². The molecule has 2 heteroatoms. The molecule has 0 bridgehead atoms. The van der Waals surface area contributed by atoms with Gasteiger partial charge in [0.2, 0.25) is 0 Å². The molecule has 22 heavy (non-hydrogen) atoms. The molecule has 0 heterocycles. The van der Waals surface area contributed by atoms with Crippen molar-refractivity contribution < 1.29 is 9.84 Å². The van der Waals surface area contributed by atoms with Gasteiger partial charge >= 0.3 is 0 Å². The Hall–Kier alpha value is -0.860. The van der Waals surface area contributed by atoms with Crippen LogP contribution in [-0.4, -0.2) is 23.9 Å². The molecule has 1 aromatic carbocycles. The summed E-state index contributed by atoms with van der Waals surface area (Å²) in [6.07, 6.45) is 6.49. The normalized spacial score (nSPS) is 26.1. The van der Waals surface area contributed by atoms with Gasteiger partial charge in [-0.1, -0.05) is 51.1 Å². The summed E-state index contributed by atoms with van der Waals surface area (Å²) in [6, 6.07) is 10.7. The van der Waals surface area contributed by atoms with Crippen LogP contribution in [0, 0.1) is 11.3 Å². The number of hydrogen-bond acceptors (Lipinski definition) is 2. The second kappa shape index (κ2) is 7.61. The number of benzene rings is 1. The van der Waals surface area contributed by atoms with Crippen LogP contribution in [0.1, 0.15) is 58.4 Å². The molecule has 1 N–H and O–H groups in total. The monoisotopic (exact) mass is 304 g/mol. The molecular weight excluding hydrogens is 272 g/mol. The van der Waals surface area contributed by atoms with Crippen molar-refractivity contribution in [2.24, 2.45) is 11.3 Å². The summed E-state index contributed by atoms with van der Waals surface area (Å²) in [5, 5.41) is 9.04. The van der Waals surface area contributed by atoms with Crippen LogP contribution in [-0.2, 0) is 11.2 Å². The fraction of sp³-hybridized carbons (Fsp3) is 0.700. The van der Waals surface area contributed by atoms with Gasteiger partial charge in [0.1, 0.15) is 0 Å². The Morgan fingerprint density at radius 2 is 1.77 bits per heavy atom. The van der Waals surface area contributed by atoms with Crippen LogP contribution < -0.4 is 0 Å². The van der Waals surface area contributed by atoms with Crippen LogP contribution in [0.15, 0.2) is 30.3 Å². The molecule has 0 atom stereocenters. The van der Waals surface area contributed by atoms with Gasteiger partial charge in [0.15, 0.2) is 0 Å². The Balaban J connectivity index is 2.04. The predicted octanol–water partition coefficient (Wildman–Crippen LogP) is 4.60. The summed E-state index contributed by atoms with van der Waals surface area (Å²) in [7, 11) is 0. The van der Waals surface area contributed by atoms with Crippen molar-refractivity contribution in [1.29, 1.82) is 0 Å². The molecule has 1 aliphatic rings. The zero-order valence-electron chi connectivity index (χ0n) is 14.5. The quantitative estimate of drug-likeness (QED) is 0.778. The zero-order chi connectivity index (χ0) is 16.1. The van der Waals surface area contributed by atoms with E-state index in [-0.39, 0.29) is 12.2 Å². The Labute approximate surface area is 135 Å². The highest BCUT2D eigenvalue weighted by atomic mass is 16.5. The zero-order valence-corrected chi connectivity index (χ0v) is 14.5. The fourth-order valence-electron chi connectivity index (χ4n) is 3.70. The Kier molecular flexibility index (Phi) is 6.05. The average Bonchev–Trinajstić information content (AvgIpc) is 2.48.